The molecule has 0 aromatic heterocycles. The molecule has 1 aliphatic heterocycles. The van der Waals surface area contributed by atoms with E-state index >= 15 is 0 Å². The molecule has 4 unspecified atom stereocenters. The normalized spacial score (nSPS) is 19.4. The highest BCUT2D eigenvalue weighted by Gasteiger charge is 2.37. The number of nitrogens with one attached hydrogen (secondary N) is 2. The number of aliphatic carboxylic acids is 2. The molecule has 0 aromatic carbocycles. The van der Waals surface area contributed by atoms with E-state index in [1.54, 1.807) is 0 Å². The maximum Gasteiger partial charge on any atom is 0.326 e. The van der Waals surface area contributed by atoms with Crippen LogP contribution in [-0.2, 0) is 24.0 Å². The number of carboxylic acids is 2. The van der Waals surface area contributed by atoms with Crippen LogP contribution in [0.2, 0.25) is 0 Å². The Labute approximate surface area is 165 Å². The first-order valence-electron chi connectivity index (χ1n) is 8.45. The summed E-state index contributed by atoms with van der Waals surface area (Å²) in [6.07, 6.45) is -0.00804. The molecular formula is C15H24N4O8S. The Hall–Kier alpha value is -2.38. The van der Waals surface area contributed by atoms with Crippen LogP contribution in [0.1, 0.15) is 19.3 Å². The number of hydrogen-bond donors (Lipinski definition) is 7. The van der Waals surface area contributed by atoms with Crippen LogP contribution in [0.5, 0.6) is 0 Å². The van der Waals surface area contributed by atoms with Crippen LogP contribution in [0.3, 0.4) is 0 Å². The smallest absolute Gasteiger partial charge is 0.326 e. The number of carboxylic acid groups (broad SMARTS) is 2. The molecule has 3 amide bonds. The van der Waals surface area contributed by atoms with E-state index in [2.05, 4.69) is 17.9 Å². The number of aliphatic hydroxyl groups excluding tert-OH is 1. The second-order valence-corrected chi connectivity index (χ2v) is 6.58. The van der Waals surface area contributed by atoms with Crippen LogP contribution in [0, 0.1) is 0 Å². The third-order valence-corrected chi connectivity index (χ3v) is 4.55. The average molecular weight is 420 g/mol. The Kier molecular flexibility index (Phi) is 9.15. The van der Waals surface area contributed by atoms with Gasteiger partial charge in [-0.25, -0.2) is 4.79 Å². The number of thiol groups is 1. The zero-order valence-corrected chi connectivity index (χ0v) is 15.8. The van der Waals surface area contributed by atoms with Crippen molar-refractivity contribution in [2.75, 3.05) is 18.9 Å². The fourth-order valence-corrected chi connectivity index (χ4v) is 2.86. The molecule has 1 saturated heterocycles. The summed E-state index contributed by atoms with van der Waals surface area (Å²) in [4.78, 5) is 59.8. The number of nitrogens with two attached hydrogens (primary N) is 1. The van der Waals surface area contributed by atoms with Crippen molar-refractivity contribution in [3.05, 3.63) is 0 Å². The predicted molar refractivity (Wildman–Crippen MR) is 97.4 cm³/mol. The van der Waals surface area contributed by atoms with Crippen molar-refractivity contribution in [3.8, 4) is 0 Å². The second kappa shape index (κ2) is 10.8. The molecule has 1 rings (SSSR count). The van der Waals surface area contributed by atoms with Gasteiger partial charge in [0.15, 0.2) is 0 Å². The van der Waals surface area contributed by atoms with E-state index in [0.29, 0.717) is 19.4 Å². The minimum absolute atomic E-state index is 0.0888. The summed E-state index contributed by atoms with van der Waals surface area (Å²) in [6, 6.07) is -5.02. The van der Waals surface area contributed by atoms with Crippen LogP contribution in [-0.4, -0.2) is 93.0 Å². The first-order chi connectivity index (χ1) is 13.1. The number of likely N-dealkylation sites (tertiary alicyclic amines) is 1. The lowest BCUT2D eigenvalue weighted by Crippen LogP contribution is -2.57. The molecule has 0 spiro atoms. The van der Waals surface area contributed by atoms with Crippen molar-refractivity contribution in [1.29, 1.82) is 0 Å². The van der Waals surface area contributed by atoms with Crippen LogP contribution in [0.15, 0.2) is 0 Å². The van der Waals surface area contributed by atoms with Gasteiger partial charge in [0.2, 0.25) is 17.7 Å². The SMILES string of the molecule is NC(CS)C(=O)N1CCCC1C(=O)NC(CO)C(=O)NC(CC(=O)O)C(=O)O. The van der Waals surface area contributed by atoms with Gasteiger partial charge in [-0.1, -0.05) is 0 Å². The molecule has 0 saturated carbocycles. The first-order valence-corrected chi connectivity index (χ1v) is 9.08. The molecule has 0 aromatic rings. The van der Waals surface area contributed by atoms with Crippen molar-refractivity contribution in [2.24, 2.45) is 5.73 Å². The molecule has 1 fully saturated rings. The van der Waals surface area contributed by atoms with Gasteiger partial charge in [-0.2, -0.15) is 12.6 Å². The summed E-state index contributed by atoms with van der Waals surface area (Å²) in [5.41, 5.74) is 5.65. The number of nitrogens with zero attached hydrogens (tertiary/aromatic N) is 1. The van der Waals surface area contributed by atoms with Crippen molar-refractivity contribution < 1.29 is 39.3 Å². The molecule has 1 heterocycles. The van der Waals surface area contributed by atoms with Crippen molar-refractivity contribution in [3.63, 3.8) is 0 Å². The fourth-order valence-electron chi connectivity index (χ4n) is 2.70. The minimum Gasteiger partial charge on any atom is -0.481 e. The van der Waals surface area contributed by atoms with E-state index < -0.39 is 66.9 Å². The summed E-state index contributed by atoms with van der Waals surface area (Å²) in [5, 5.41) is 31.2. The summed E-state index contributed by atoms with van der Waals surface area (Å²) >= 11 is 3.95. The van der Waals surface area contributed by atoms with Gasteiger partial charge in [0, 0.05) is 12.3 Å². The van der Waals surface area contributed by atoms with Crippen molar-refractivity contribution in [1.82, 2.24) is 15.5 Å². The zero-order chi connectivity index (χ0) is 21.4. The lowest BCUT2D eigenvalue weighted by Gasteiger charge is -2.27. The van der Waals surface area contributed by atoms with E-state index in [0.717, 1.165) is 0 Å². The van der Waals surface area contributed by atoms with Gasteiger partial charge in [0.25, 0.3) is 0 Å². The minimum atomic E-state index is -1.73. The van der Waals surface area contributed by atoms with Gasteiger partial charge in [-0.15, -0.1) is 0 Å². The third kappa shape index (κ3) is 6.35. The largest absolute Gasteiger partial charge is 0.481 e. The molecular weight excluding hydrogens is 396 g/mol. The van der Waals surface area contributed by atoms with Crippen LogP contribution in [0.4, 0.5) is 0 Å². The topological polar surface area (TPSA) is 199 Å². The average Bonchev–Trinajstić information content (AvgIpc) is 3.13. The van der Waals surface area contributed by atoms with Crippen molar-refractivity contribution >= 4 is 42.3 Å². The van der Waals surface area contributed by atoms with Gasteiger partial charge >= 0.3 is 11.9 Å². The maximum absolute atomic E-state index is 12.5. The Morgan fingerprint density at radius 2 is 1.79 bits per heavy atom. The van der Waals surface area contributed by atoms with Crippen LogP contribution >= 0.6 is 12.6 Å². The zero-order valence-electron chi connectivity index (χ0n) is 14.9. The number of amides is 3. The van der Waals surface area contributed by atoms with Gasteiger partial charge in [0.05, 0.1) is 19.1 Å². The van der Waals surface area contributed by atoms with Crippen LogP contribution < -0.4 is 16.4 Å². The lowest BCUT2D eigenvalue weighted by molar-refractivity contribution is -0.147. The highest BCUT2D eigenvalue weighted by Crippen LogP contribution is 2.18. The molecule has 4 atom stereocenters. The van der Waals surface area contributed by atoms with Crippen LogP contribution in [0.25, 0.3) is 0 Å². The molecule has 0 aliphatic carbocycles. The summed E-state index contributed by atoms with van der Waals surface area (Å²) in [5.74, 6) is -5.18. The monoisotopic (exact) mass is 420 g/mol. The Morgan fingerprint density at radius 3 is 2.29 bits per heavy atom. The Bertz CT molecular complexity index is 631. The van der Waals surface area contributed by atoms with Crippen molar-refractivity contribution in [2.45, 2.75) is 43.4 Å². The van der Waals surface area contributed by atoms with E-state index in [4.69, 9.17) is 15.9 Å². The molecule has 1 aliphatic rings. The van der Waals surface area contributed by atoms with E-state index in [1.165, 1.54) is 4.90 Å². The van der Waals surface area contributed by atoms with E-state index in [1.807, 2.05) is 5.32 Å². The Morgan fingerprint density at radius 1 is 1.14 bits per heavy atom. The predicted octanol–water partition coefficient (Wildman–Crippen LogP) is -3.24. The number of carbonyl (C=O) groups is 5. The molecule has 158 valence electrons. The molecule has 28 heavy (non-hydrogen) atoms. The van der Waals surface area contributed by atoms with Gasteiger partial charge < -0.3 is 36.6 Å². The second-order valence-electron chi connectivity index (χ2n) is 6.22. The fraction of sp³-hybridized carbons (Fsp3) is 0.667. The number of carbonyl (C=O) groups excluding carboxylic acids is 3. The summed E-state index contributed by atoms with van der Waals surface area (Å²) in [6.45, 7) is -0.554. The summed E-state index contributed by atoms with van der Waals surface area (Å²) in [7, 11) is 0. The highest BCUT2D eigenvalue weighted by molar-refractivity contribution is 7.80. The quantitative estimate of drug-likeness (QED) is 0.177. The molecule has 0 radical (unpaired) electrons. The highest BCUT2D eigenvalue weighted by atomic mass is 32.1. The lowest BCUT2D eigenvalue weighted by atomic mass is 10.1. The molecule has 0 bridgehead atoms. The number of rotatable bonds is 10. The van der Waals surface area contributed by atoms with Gasteiger partial charge in [-0.05, 0) is 12.8 Å². The number of aliphatic hydroxyl groups is 1. The standard InChI is InChI=1S/C15H24N4O8S/c16-7(6-28)14(25)19-3-1-2-10(19)13(24)18-9(5-20)12(23)17-8(15(26)27)4-11(21)22/h7-10,20,28H,1-6,16H2,(H,17,23)(H,18,24)(H,21,22)(H,26,27). The van der Waals surface area contributed by atoms with Gasteiger partial charge in [-0.3, -0.25) is 19.2 Å². The van der Waals surface area contributed by atoms with E-state index in [9.17, 15) is 29.1 Å². The molecule has 7 N–H and O–H groups in total. The Balaban J connectivity index is 2.78. The summed E-state index contributed by atoms with van der Waals surface area (Å²) < 4.78 is 0. The maximum atomic E-state index is 12.5. The molecule has 13 heteroatoms. The third-order valence-electron chi connectivity index (χ3n) is 4.16. The first kappa shape index (κ1) is 23.7. The molecule has 12 nitrogen and oxygen atoms in total. The van der Waals surface area contributed by atoms with Gasteiger partial charge in [0.1, 0.15) is 18.1 Å². The van der Waals surface area contributed by atoms with E-state index in [-0.39, 0.29) is 5.75 Å². The number of hydrogen-bond acceptors (Lipinski definition) is 8.